The van der Waals surface area contributed by atoms with Gasteiger partial charge in [-0.2, -0.15) is 9.19 Å². The van der Waals surface area contributed by atoms with Crippen molar-refractivity contribution in [2.75, 3.05) is 13.2 Å². The van der Waals surface area contributed by atoms with E-state index in [1.54, 1.807) is 13.8 Å². The summed E-state index contributed by atoms with van der Waals surface area (Å²) in [5.74, 6) is 0.407. The molecule has 1 aromatic rings. The second-order valence-corrected chi connectivity index (χ2v) is 5.63. The summed E-state index contributed by atoms with van der Waals surface area (Å²) in [5.41, 5.74) is 5.25. The van der Waals surface area contributed by atoms with Crippen molar-refractivity contribution in [3.63, 3.8) is 0 Å². The number of rotatable bonds is 5. The minimum Gasteiger partial charge on any atom is -0.489 e. The lowest BCUT2D eigenvalue weighted by atomic mass is 10.6. The largest absolute Gasteiger partial charge is 0.489 e. The van der Waals surface area contributed by atoms with Crippen LogP contribution in [-0.4, -0.2) is 36.0 Å². The summed E-state index contributed by atoms with van der Waals surface area (Å²) in [6.45, 7) is 3.91. The zero-order valence-corrected chi connectivity index (χ0v) is 9.57. The predicted octanol–water partition coefficient (Wildman–Crippen LogP) is -0.193. The minimum absolute atomic E-state index is 0.341. The highest BCUT2D eigenvalue weighted by Gasteiger charge is 2.19. The van der Waals surface area contributed by atoms with E-state index in [9.17, 15) is 8.42 Å². The van der Waals surface area contributed by atoms with Gasteiger partial charge in [0.1, 0.15) is 6.61 Å². The molecular weight excluding hydrogens is 218 g/mol. The maximum absolute atomic E-state index is 11.6. The van der Waals surface area contributed by atoms with E-state index in [2.05, 4.69) is 5.10 Å². The highest BCUT2D eigenvalue weighted by molar-refractivity contribution is 7.90. The molecule has 0 spiro atoms. The number of hydrogen-bond acceptors (Lipinski definition) is 5. The molecule has 6 nitrogen and oxygen atoms in total. The van der Waals surface area contributed by atoms with Crippen LogP contribution in [0.5, 0.6) is 5.75 Å². The molecule has 15 heavy (non-hydrogen) atoms. The van der Waals surface area contributed by atoms with Crippen LogP contribution in [0, 0.1) is 0 Å². The Hall–Kier alpha value is -1.08. The van der Waals surface area contributed by atoms with Gasteiger partial charge in [-0.25, -0.2) is 8.42 Å². The fourth-order valence-corrected chi connectivity index (χ4v) is 1.76. The molecule has 0 aromatic carbocycles. The molecular formula is C8H15N3O3S. The standard InChI is InChI=1S/C8H15N3O3S/c1-7(2)15(12,13)11-6-8(5-10-11)14-4-3-9/h5-7H,3-4,9H2,1-2H3. The van der Waals surface area contributed by atoms with Crippen molar-refractivity contribution in [2.24, 2.45) is 5.73 Å². The van der Waals surface area contributed by atoms with Crippen molar-refractivity contribution < 1.29 is 13.2 Å². The second-order valence-electron chi connectivity index (χ2n) is 3.28. The first kappa shape index (κ1) is 12.0. The highest BCUT2D eigenvalue weighted by Crippen LogP contribution is 2.12. The Kier molecular flexibility index (Phi) is 3.70. The van der Waals surface area contributed by atoms with Gasteiger partial charge < -0.3 is 10.5 Å². The molecule has 0 aliphatic carbocycles. The molecule has 1 heterocycles. The Morgan fingerprint density at radius 1 is 1.60 bits per heavy atom. The van der Waals surface area contributed by atoms with Gasteiger partial charge in [0.25, 0.3) is 10.0 Å². The average Bonchev–Trinajstić information content (AvgIpc) is 2.63. The molecule has 0 bridgehead atoms. The van der Waals surface area contributed by atoms with Crippen LogP contribution in [0.1, 0.15) is 13.8 Å². The van der Waals surface area contributed by atoms with E-state index < -0.39 is 15.3 Å². The van der Waals surface area contributed by atoms with E-state index in [4.69, 9.17) is 10.5 Å². The van der Waals surface area contributed by atoms with Crippen molar-refractivity contribution in [1.82, 2.24) is 9.19 Å². The Balaban J connectivity index is 2.85. The predicted molar refractivity (Wildman–Crippen MR) is 56.2 cm³/mol. The van der Waals surface area contributed by atoms with Crippen LogP contribution >= 0.6 is 0 Å². The molecule has 0 amide bonds. The molecule has 2 N–H and O–H groups in total. The highest BCUT2D eigenvalue weighted by atomic mass is 32.2. The van der Waals surface area contributed by atoms with E-state index in [1.807, 2.05) is 0 Å². The van der Waals surface area contributed by atoms with Crippen LogP contribution in [0.2, 0.25) is 0 Å². The zero-order chi connectivity index (χ0) is 11.5. The second kappa shape index (κ2) is 4.63. The molecule has 0 aliphatic rings. The first-order chi connectivity index (χ1) is 6.98. The molecule has 0 aliphatic heterocycles. The minimum atomic E-state index is -3.39. The van der Waals surface area contributed by atoms with Gasteiger partial charge in [0.2, 0.25) is 0 Å². The van der Waals surface area contributed by atoms with Crippen LogP contribution in [0.15, 0.2) is 12.4 Å². The molecule has 0 saturated heterocycles. The molecule has 0 saturated carbocycles. The maximum atomic E-state index is 11.6. The first-order valence-corrected chi connectivity index (χ1v) is 6.10. The summed E-state index contributed by atoms with van der Waals surface area (Å²) in [4.78, 5) is 0. The van der Waals surface area contributed by atoms with E-state index >= 15 is 0 Å². The Bertz CT molecular complexity index is 411. The molecule has 86 valence electrons. The summed E-state index contributed by atoms with van der Waals surface area (Å²) in [6.07, 6.45) is 2.70. The molecule has 0 atom stereocenters. The van der Waals surface area contributed by atoms with E-state index in [-0.39, 0.29) is 0 Å². The van der Waals surface area contributed by atoms with Gasteiger partial charge in [-0.15, -0.1) is 0 Å². The van der Waals surface area contributed by atoms with Crippen molar-refractivity contribution in [3.05, 3.63) is 12.4 Å². The van der Waals surface area contributed by atoms with Crippen molar-refractivity contribution in [1.29, 1.82) is 0 Å². The average molecular weight is 233 g/mol. The third-order valence-corrected chi connectivity index (χ3v) is 3.69. The summed E-state index contributed by atoms with van der Waals surface area (Å²) in [6, 6.07) is 0. The van der Waals surface area contributed by atoms with Crippen LogP contribution in [-0.2, 0) is 10.0 Å². The number of aromatic nitrogens is 2. The summed E-state index contributed by atoms with van der Waals surface area (Å²) in [7, 11) is -3.39. The monoisotopic (exact) mass is 233 g/mol. The van der Waals surface area contributed by atoms with E-state index in [0.717, 1.165) is 4.09 Å². The van der Waals surface area contributed by atoms with Gasteiger partial charge in [0.05, 0.1) is 17.6 Å². The third kappa shape index (κ3) is 2.69. The van der Waals surface area contributed by atoms with Gasteiger partial charge in [-0.3, -0.25) is 0 Å². The normalized spacial score (nSPS) is 12.0. The summed E-state index contributed by atoms with van der Waals surface area (Å²) >= 11 is 0. The summed E-state index contributed by atoms with van der Waals surface area (Å²) < 4.78 is 29.3. The molecule has 0 radical (unpaired) electrons. The SMILES string of the molecule is CC(C)S(=O)(=O)n1cc(OCCN)cn1. The quantitative estimate of drug-likeness (QED) is 0.761. The van der Waals surface area contributed by atoms with Gasteiger partial charge in [-0.1, -0.05) is 0 Å². The number of nitrogens with two attached hydrogens (primary N) is 1. The van der Waals surface area contributed by atoms with Crippen LogP contribution < -0.4 is 10.5 Å². The van der Waals surface area contributed by atoms with Gasteiger partial charge in [-0.05, 0) is 13.8 Å². The number of ether oxygens (including phenoxy) is 1. The van der Waals surface area contributed by atoms with Gasteiger partial charge in [0, 0.05) is 6.54 Å². The van der Waals surface area contributed by atoms with Crippen LogP contribution in [0.4, 0.5) is 0 Å². The van der Waals surface area contributed by atoms with E-state index in [1.165, 1.54) is 12.4 Å². The topological polar surface area (TPSA) is 87.2 Å². The van der Waals surface area contributed by atoms with Crippen molar-refractivity contribution >= 4 is 10.0 Å². The summed E-state index contributed by atoms with van der Waals surface area (Å²) in [5, 5.41) is 3.21. The molecule has 1 aromatic heterocycles. The Morgan fingerprint density at radius 2 is 2.27 bits per heavy atom. The van der Waals surface area contributed by atoms with Crippen molar-refractivity contribution in [2.45, 2.75) is 19.1 Å². The van der Waals surface area contributed by atoms with Gasteiger partial charge in [0.15, 0.2) is 5.75 Å². The Labute approximate surface area is 89.1 Å². The zero-order valence-electron chi connectivity index (χ0n) is 8.75. The first-order valence-electron chi connectivity index (χ1n) is 4.60. The smallest absolute Gasteiger partial charge is 0.256 e. The molecule has 7 heteroatoms. The molecule has 0 unspecified atom stereocenters. The van der Waals surface area contributed by atoms with Crippen molar-refractivity contribution in [3.8, 4) is 5.75 Å². The lowest BCUT2D eigenvalue weighted by molar-refractivity contribution is 0.328. The maximum Gasteiger partial charge on any atom is 0.256 e. The fourth-order valence-electron chi connectivity index (χ4n) is 0.896. The Morgan fingerprint density at radius 3 is 2.80 bits per heavy atom. The number of nitrogens with zero attached hydrogens (tertiary/aromatic N) is 2. The fraction of sp³-hybridized carbons (Fsp3) is 0.625. The molecule has 0 fully saturated rings. The lowest BCUT2D eigenvalue weighted by Crippen LogP contribution is -2.22. The van der Waals surface area contributed by atoms with E-state index in [0.29, 0.717) is 18.9 Å². The van der Waals surface area contributed by atoms with Crippen LogP contribution in [0.25, 0.3) is 0 Å². The molecule has 1 rings (SSSR count). The lowest BCUT2D eigenvalue weighted by Gasteiger charge is -2.06. The third-order valence-electron chi connectivity index (χ3n) is 1.78. The van der Waals surface area contributed by atoms with Gasteiger partial charge >= 0.3 is 0 Å². The number of hydrogen-bond donors (Lipinski definition) is 1. The van der Waals surface area contributed by atoms with Crippen LogP contribution in [0.3, 0.4) is 0 Å².